The number of aliphatic hydroxyl groups excluding tert-OH is 1. The normalized spacial score (nSPS) is 16.6. The molecule has 0 aromatic carbocycles. The SMILES string of the molecule is CCCc1ncc(C(=O)NC(CCO)C2CC2)s1. The van der Waals surface area contributed by atoms with E-state index in [1.54, 1.807) is 6.20 Å². The molecule has 1 unspecified atom stereocenters. The van der Waals surface area contributed by atoms with E-state index in [0.29, 0.717) is 17.2 Å². The van der Waals surface area contributed by atoms with E-state index in [1.165, 1.54) is 11.3 Å². The Bertz CT molecular complexity index is 401. The summed E-state index contributed by atoms with van der Waals surface area (Å²) in [6.07, 6.45) is 6.61. The zero-order chi connectivity index (χ0) is 13.0. The average Bonchev–Trinajstić information content (AvgIpc) is 3.09. The van der Waals surface area contributed by atoms with Crippen molar-refractivity contribution in [3.63, 3.8) is 0 Å². The van der Waals surface area contributed by atoms with Gasteiger partial charge in [-0.3, -0.25) is 4.79 Å². The van der Waals surface area contributed by atoms with Crippen LogP contribution in [0.25, 0.3) is 0 Å². The van der Waals surface area contributed by atoms with Crippen LogP contribution >= 0.6 is 11.3 Å². The molecule has 1 aliphatic rings. The molecule has 5 heteroatoms. The highest BCUT2D eigenvalue weighted by Crippen LogP contribution is 2.34. The van der Waals surface area contributed by atoms with E-state index < -0.39 is 0 Å². The van der Waals surface area contributed by atoms with Gasteiger partial charge in [-0.25, -0.2) is 4.98 Å². The van der Waals surface area contributed by atoms with Crippen LogP contribution < -0.4 is 5.32 Å². The van der Waals surface area contributed by atoms with E-state index in [9.17, 15) is 4.79 Å². The lowest BCUT2D eigenvalue weighted by Gasteiger charge is -2.16. The van der Waals surface area contributed by atoms with Crippen LogP contribution in [0.4, 0.5) is 0 Å². The van der Waals surface area contributed by atoms with Crippen LogP contribution in [0.2, 0.25) is 0 Å². The van der Waals surface area contributed by atoms with Crippen molar-refractivity contribution in [3.8, 4) is 0 Å². The van der Waals surface area contributed by atoms with Crippen molar-refractivity contribution in [2.75, 3.05) is 6.61 Å². The fraction of sp³-hybridized carbons (Fsp3) is 0.692. The third kappa shape index (κ3) is 3.53. The van der Waals surface area contributed by atoms with Gasteiger partial charge in [-0.05, 0) is 38.0 Å². The van der Waals surface area contributed by atoms with E-state index in [0.717, 1.165) is 30.7 Å². The minimum absolute atomic E-state index is 0.0415. The van der Waals surface area contributed by atoms with E-state index in [2.05, 4.69) is 17.2 Å². The number of rotatable bonds is 7. The molecule has 2 rings (SSSR count). The smallest absolute Gasteiger partial charge is 0.263 e. The number of aromatic nitrogens is 1. The molecule has 0 spiro atoms. The number of aryl methyl sites for hydroxylation is 1. The second kappa shape index (κ2) is 6.29. The second-order valence-electron chi connectivity index (χ2n) is 4.80. The third-order valence-electron chi connectivity index (χ3n) is 3.19. The summed E-state index contributed by atoms with van der Waals surface area (Å²) < 4.78 is 0. The van der Waals surface area contributed by atoms with Crippen LogP contribution in [0.15, 0.2) is 6.20 Å². The molecule has 2 N–H and O–H groups in total. The summed E-state index contributed by atoms with van der Waals surface area (Å²) in [6, 6.07) is 0.124. The summed E-state index contributed by atoms with van der Waals surface area (Å²) in [4.78, 5) is 17.0. The molecule has 1 aromatic rings. The van der Waals surface area contributed by atoms with Gasteiger partial charge in [-0.1, -0.05) is 6.92 Å². The average molecular weight is 268 g/mol. The van der Waals surface area contributed by atoms with Crippen LogP contribution in [-0.2, 0) is 6.42 Å². The zero-order valence-electron chi connectivity index (χ0n) is 10.7. The van der Waals surface area contributed by atoms with Crippen molar-refractivity contribution in [2.45, 2.75) is 45.1 Å². The van der Waals surface area contributed by atoms with E-state index in [-0.39, 0.29) is 18.6 Å². The largest absolute Gasteiger partial charge is 0.396 e. The number of thiazole rings is 1. The standard InChI is InChI=1S/C13H20N2O2S/c1-2-3-12-14-8-11(18-12)13(17)15-10(6-7-16)9-4-5-9/h8-10,16H,2-7H2,1H3,(H,15,17). The minimum Gasteiger partial charge on any atom is -0.396 e. The molecular formula is C13H20N2O2S. The predicted molar refractivity (Wildman–Crippen MR) is 71.8 cm³/mol. The monoisotopic (exact) mass is 268 g/mol. The van der Waals surface area contributed by atoms with Gasteiger partial charge in [0.1, 0.15) is 4.88 Å². The first kappa shape index (κ1) is 13.5. The van der Waals surface area contributed by atoms with Crippen molar-refractivity contribution in [1.29, 1.82) is 0 Å². The second-order valence-corrected chi connectivity index (χ2v) is 5.91. The summed E-state index contributed by atoms with van der Waals surface area (Å²) in [5, 5.41) is 13.1. The molecule has 0 bridgehead atoms. The molecule has 1 aliphatic carbocycles. The maximum absolute atomic E-state index is 12.1. The molecule has 0 aliphatic heterocycles. The molecule has 1 atom stereocenters. The molecule has 1 fully saturated rings. The number of carbonyl (C=O) groups excluding carboxylic acids is 1. The van der Waals surface area contributed by atoms with Gasteiger partial charge in [0.2, 0.25) is 0 Å². The van der Waals surface area contributed by atoms with E-state index in [1.807, 2.05) is 0 Å². The lowest BCUT2D eigenvalue weighted by molar-refractivity contribution is 0.0928. The van der Waals surface area contributed by atoms with Crippen molar-refractivity contribution >= 4 is 17.2 Å². The molecule has 4 nitrogen and oxygen atoms in total. The highest BCUT2D eigenvalue weighted by Gasteiger charge is 2.32. The summed E-state index contributed by atoms with van der Waals surface area (Å²) in [5.41, 5.74) is 0. The molecule has 1 heterocycles. The highest BCUT2D eigenvalue weighted by atomic mass is 32.1. The van der Waals surface area contributed by atoms with E-state index >= 15 is 0 Å². The number of nitrogens with one attached hydrogen (secondary N) is 1. The Morgan fingerprint density at radius 3 is 3.06 bits per heavy atom. The Labute approximate surface area is 111 Å². The van der Waals surface area contributed by atoms with Gasteiger partial charge >= 0.3 is 0 Å². The molecular weight excluding hydrogens is 248 g/mol. The number of aliphatic hydroxyl groups is 1. The van der Waals surface area contributed by atoms with Gasteiger partial charge in [0.15, 0.2) is 0 Å². The molecule has 1 aromatic heterocycles. The van der Waals surface area contributed by atoms with Crippen molar-refractivity contribution in [1.82, 2.24) is 10.3 Å². The third-order valence-corrected chi connectivity index (χ3v) is 4.24. The Balaban J connectivity index is 1.92. The van der Waals surface area contributed by atoms with Crippen molar-refractivity contribution < 1.29 is 9.90 Å². The van der Waals surface area contributed by atoms with Crippen LogP contribution in [0, 0.1) is 5.92 Å². The Morgan fingerprint density at radius 1 is 1.67 bits per heavy atom. The Morgan fingerprint density at radius 2 is 2.44 bits per heavy atom. The van der Waals surface area contributed by atoms with Gasteiger partial charge in [0.05, 0.1) is 11.2 Å². The number of amides is 1. The summed E-state index contributed by atoms with van der Waals surface area (Å²) >= 11 is 1.47. The number of hydrogen-bond acceptors (Lipinski definition) is 4. The number of nitrogens with zero attached hydrogens (tertiary/aromatic N) is 1. The Kier molecular flexibility index (Phi) is 4.72. The van der Waals surface area contributed by atoms with E-state index in [4.69, 9.17) is 5.11 Å². The molecule has 1 saturated carbocycles. The van der Waals surface area contributed by atoms with Gasteiger partial charge in [0, 0.05) is 12.6 Å². The lowest BCUT2D eigenvalue weighted by atomic mass is 10.1. The molecule has 100 valence electrons. The zero-order valence-corrected chi connectivity index (χ0v) is 11.5. The molecule has 0 radical (unpaired) electrons. The van der Waals surface area contributed by atoms with Crippen LogP contribution in [0.1, 0.15) is 47.3 Å². The molecule has 0 saturated heterocycles. The predicted octanol–water partition coefficient (Wildman–Crippen LogP) is 1.99. The van der Waals surface area contributed by atoms with Gasteiger partial charge < -0.3 is 10.4 Å². The van der Waals surface area contributed by atoms with Crippen LogP contribution in [-0.4, -0.2) is 28.6 Å². The lowest BCUT2D eigenvalue weighted by Crippen LogP contribution is -2.36. The van der Waals surface area contributed by atoms with Gasteiger partial charge in [-0.15, -0.1) is 11.3 Å². The van der Waals surface area contributed by atoms with Crippen molar-refractivity contribution in [2.24, 2.45) is 5.92 Å². The number of carbonyl (C=O) groups is 1. The summed E-state index contributed by atoms with van der Waals surface area (Å²) in [6.45, 7) is 2.23. The maximum atomic E-state index is 12.1. The topological polar surface area (TPSA) is 62.2 Å². The molecule has 18 heavy (non-hydrogen) atoms. The first-order chi connectivity index (χ1) is 8.74. The van der Waals surface area contributed by atoms with Crippen molar-refractivity contribution in [3.05, 3.63) is 16.1 Å². The fourth-order valence-electron chi connectivity index (χ4n) is 2.05. The minimum atomic E-state index is -0.0415. The first-order valence-corrected chi connectivity index (χ1v) is 7.42. The quantitative estimate of drug-likeness (QED) is 0.795. The summed E-state index contributed by atoms with van der Waals surface area (Å²) in [5.74, 6) is 0.518. The Hall–Kier alpha value is -0.940. The molecule has 1 amide bonds. The summed E-state index contributed by atoms with van der Waals surface area (Å²) in [7, 11) is 0. The number of hydrogen-bond donors (Lipinski definition) is 2. The van der Waals surface area contributed by atoms with Crippen LogP contribution in [0.3, 0.4) is 0 Å². The highest BCUT2D eigenvalue weighted by molar-refractivity contribution is 7.13. The first-order valence-electron chi connectivity index (χ1n) is 6.61. The maximum Gasteiger partial charge on any atom is 0.263 e. The van der Waals surface area contributed by atoms with Gasteiger partial charge in [0.25, 0.3) is 5.91 Å². The van der Waals surface area contributed by atoms with Gasteiger partial charge in [-0.2, -0.15) is 0 Å². The fourth-order valence-corrected chi connectivity index (χ4v) is 2.97. The van der Waals surface area contributed by atoms with Crippen LogP contribution in [0.5, 0.6) is 0 Å².